The monoisotopic (exact) mass is 284 g/mol. The third-order valence-electron chi connectivity index (χ3n) is 3.94. The fourth-order valence-corrected chi connectivity index (χ4v) is 3.06. The number of fused-ring (bicyclic) bond motifs is 1. The average Bonchev–Trinajstić information content (AvgIpc) is 2.43. The highest BCUT2D eigenvalue weighted by Crippen LogP contribution is 2.27. The van der Waals surface area contributed by atoms with Crippen LogP contribution in [0.4, 0.5) is 0 Å². The minimum absolute atomic E-state index is 0.177. The summed E-state index contributed by atoms with van der Waals surface area (Å²) >= 11 is 0. The van der Waals surface area contributed by atoms with Crippen LogP contribution in [0.2, 0.25) is 0 Å². The molecule has 2 aromatic rings. The molecule has 0 bridgehead atoms. The zero-order valence-electron chi connectivity index (χ0n) is 13.1. The van der Waals surface area contributed by atoms with Crippen LogP contribution in [0.5, 0.6) is 5.75 Å². The molecular weight excluding hydrogens is 263 g/mol. The van der Waals surface area contributed by atoms with Crippen LogP contribution in [-0.4, -0.2) is 25.9 Å². The fourth-order valence-electron chi connectivity index (χ4n) is 3.06. The number of hydrogen-bond acceptors (Lipinski definition) is 3. The molecule has 1 aliphatic rings. The van der Waals surface area contributed by atoms with Crippen LogP contribution in [0.25, 0.3) is 10.8 Å². The first-order valence-electron chi connectivity index (χ1n) is 7.38. The second-order valence-corrected chi connectivity index (χ2v) is 6.29. The zero-order chi connectivity index (χ0) is 15.0. The van der Waals surface area contributed by atoms with E-state index in [0.29, 0.717) is 0 Å². The highest BCUT2D eigenvalue weighted by Gasteiger charge is 2.38. The lowest BCUT2D eigenvalue weighted by molar-refractivity contribution is -0.0228. The van der Waals surface area contributed by atoms with Crippen LogP contribution in [0, 0.1) is 0 Å². The summed E-state index contributed by atoms with van der Waals surface area (Å²) in [5, 5.41) is 2.28. The van der Waals surface area contributed by atoms with E-state index in [-0.39, 0.29) is 18.8 Å². The molecule has 3 rings (SSSR count). The van der Waals surface area contributed by atoms with Crippen LogP contribution in [-0.2, 0) is 9.31 Å². The SMILES string of the molecule is COc1ccc2cccc(B3OC(C)CC(C)(C)O3)c2c1. The van der Waals surface area contributed by atoms with Gasteiger partial charge >= 0.3 is 7.12 Å². The molecule has 0 spiro atoms. The van der Waals surface area contributed by atoms with Crippen molar-refractivity contribution < 1.29 is 14.0 Å². The number of hydrogen-bond donors (Lipinski definition) is 0. The Morgan fingerprint density at radius 3 is 2.76 bits per heavy atom. The molecule has 1 fully saturated rings. The van der Waals surface area contributed by atoms with Gasteiger partial charge in [0, 0.05) is 6.10 Å². The Bertz CT molecular complexity index is 654. The molecule has 1 atom stereocenters. The summed E-state index contributed by atoms with van der Waals surface area (Å²) in [5.41, 5.74) is 0.884. The topological polar surface area (TPSA) is 27.7 Å². The Kier molecular flexibility index (Phi) is 3.68. The van der Waals surface area contributed by atoms with Gasteiger partial charge in [0.25, 0.3) is 0 Å². The van der Waals surface area contributed by atoms with Crippen LogP contribution in [0.15, 0.2) is 36.4 Å². The summed E-state index contributed by atoms with van der Waals surface area (Å²) < 4.78 is 17.5. The predicted molar refractivity (Wildman–Crippen MR) is 86.2 cm³/mol. The van der Waals surface area contributed by atoms with Crippen LogP contribution in [0.3, 0.4) is 0 Å². The van der Waals surface area contributed by atoms with E-state index in [1.165, 1.54) is 0 Å². The lowest BCUT2D eigenvalue weighted by Gasteiger charge is -2.38. The maximum Gasteiger partial charge on any atom is 0.495 e. The van der Waals surface area contributed by atoms with Gasteiger partial charge in [-0.25, -0.2) is 0 Å². The molecule has 21 heavy (non-hydrogen) atoms. The summed E-state index contributed by atoms with van der Waals surface area (Å²) in [5.74, 6) is 0.845. The lowest BCUT2D eigenvalue weighted by atomic mass is 9.72. The van der Waals surface area contributed by atoms with E-state index in [4.69, 9.17) is 14.0 Å². The van der Waals surface area contributed by atoms with Crippen molar-refractivity contribution in [3.8, 4) is 5.75 Å². The Balaban J connectivity index is 2.07. The van der Waals surface area contributed by atoms with Gasteiger partial charge in [-0.3, -0.25) is 0 Å². The molecule has 0 aliphatic carbocycles. The van der Waals surface area contributed by atoms with Crippen molar-refractivity contribution in [3.63, 3.8) is 0 Å². The van der Waals surface area contributed by atoms with Gasteiger partial charge in [0.1, 0.15) is 5.75 Å². The minimum atomic E-state index is -0.334. The molecule has 0 saturated carbocycles. The van der Waals surface area contributed by atoms with E-state index in [1.807, 2.05) is 18.2 Å². The van der Waals surface area contributed by atoms with E-state index in [0.717, 1.165) is 28.4 Å². The van der Waals surface area contributed by atoms with Crippen molar-refractivity contribution in [3.05, 3.63) is 36.4 Å². The molecule has 0 radical (unpaired) electrons. The number of rotatable bonds is 2. The second kappa shape index (κ2) is 5.36. The maximum atomic E-state index is 6.15. The minimum Gasteiger partial charge on any atom is -0.497 e. The molecule has 1 heterocycles. The van der Waals surface area contributed by atoms with Crippen molar-refractivity contribution in [2.45, 2.75) is 38.9 Å². The Morgan fingerprint density at radius 1 is 1.24 bits per heavy atom. The van der Waals surface area contributed by atoms with Gasteiger partial charge in [0.2, 0.25) is 0 Å². The maximum absolute atomic E-state index is 6.15. The van der Waals surface area contributed by atoms with Crippen LogP contribution in [0.1, 0.15) is 27.2 Å². The molecule has 1 aliphatic heterocycles. The standard InChI is InChI=1S/C17H21BO3/c1-12-11-17(2,3)21-18(20-12)16-7-5-6-13-8-9-14(19-4)10-15(13)16/h5-10,12H,11H2,1-4H3. The third kappa shape index (κ3) is 2.92. The molecule has 1 unspecified atom stereocenters. The molecule has 110 valence electrons. The van der Waals surface area contributed by atoms with Crippen LogP contribution < -0.4 is 10.2 Å². The third-order valence-corrected chi connectivity index (χ3v) is 3.94. The van der Waals surface area contributed by atoms with Crippen molar-refractivity contribution in [1.82, 2.24) is 0 Å². The van der Waals surface area contributed by atoms with Crippen molar-refractivity contribution in [1.29, 1.82) is 0 Å². The molecule has 1 saturated heterocycles. The molecule has 3 nitrogen and oxygen atoms in total. The lowest BCUT2D eigenvalue weighted by Crippen LogP contribution is -2.51. The van der Waals surface area contributed by atoms with E-state index < -0.39 is 0 Å². The normalized spacial score (nSPS) is 21.5. The second-order valence-electron chi connectivity index (χ2n) is 6.29. The van der Waals surface area contributed by atoms with Gasteiger partial charge in [0.15, 0.2) is 0 Å². The Morgan fingerprint density at radius 2 is 2.05 bits per heavy atom. The van der Waals surface area contributed by atoms with Gasteiger partial charge in [-0.2, -0.15) is 0 Å². The first-order chi connectivity index (χ1) is 9.98. The predicted octanol–water partition coefficient (Wildman–Crippen LogP) is 3.15. The van der Waals surface area contributed by atoms with E-state index in [9.17, 15) is 0 Å². The molecule has 4 heteroatoms. The average molecular weight is 284 g/mol. The van der Waals surface area contributed by atoms with Crippen molar-refractivity contribution >= 4 is 23.4 Å². The fraction of sp³-hybridized carbons (Fsp3) is 0.412. The number of benzene rings is 2. The number of methoxy groups -OCH3 is 1. The van der Waals surface area contributed by atoms with Crippen molar-refractivity contribution in [2.75, 3.05) is 7.11 Å². The zero-order valence-corrected chi connectivity index (χ0v) is 13.1. The summed E-state index contributed by atoms with van der Waals surface area (Å²) in [6, 6.07) is 12.3. The summed E-state index contributed by atoms with van der Waals surface area (Å²) in [7, 11) is 1.35. The largest absolute Gasteiger partial charge is 0.497 e. The smallest absolute Gasteiger partial charge is 0.495 e. The van der Waals surface area contributed by atoms with Gasteiger partial charge in [0.05, 0.1) is 12.7 Å². The summed E-state index contributed by atoms with van der Waals surface area (Å²) in [6.07, 6.45) is 1.08. The molecular formula is C17H21BO3. The Hall–Kier alpha value is -1.52. The van der Waals surface area contributed by atoms with Crippen molar-refractivity contribution in [2.24, 2.45) is 0 Å². The van der Waals surface area contributed by atoms with E-state index in [2.05, 4.69) is 39.0 Å². The van der Waals surface area contributed by atoms with Crippen LogP contribution >= 0.6 is 0 Å². The number of ether oxygens (including phenoxy) is 1. The Labute approximate surface area is 126 Å². The van der Waals surface area contributed by atoms with Gasteiger partial charge < -0.3 is 14.0 Å². The quantitative estimate of drug-likeness (QED) is 0.793. The van der Waals surface area contributed by atoms with Gasteiger partial charge in [-0.05, 0) is 55.6 Å². The first kappa shape index (κ1) is 14.4. The molecule has 0 amide bonds. The summed E-state index contributed by atoms with van der Waals surface area (Å²) in [6.45, 7) is 6.33. The molecule has 0 aromatic heterocycles. The summed E-state index contributed by atoms with van der Waals surface area (Å²) in [4.78, 5) is 0. The molecule has 2 aromatic carbocycles. The van der Waals surface area contributed by atoms with Gasteiger partial charge in [-0.15, -0.1) is 0 Å². The highest BCUT2D eigenvalue weighted by molar-refractivity contribution is 6.64. The van der Waals surface area contributed by atoms with E-state index in [1.54, 1.807) is 7.11 Å². The van der Waals surface area contributed by atoms with E-state index >= 15 is 0 Å². The first-order valence-corrected chi connectivity index (χ1v) is 7.38. The highest BCUT2D eigenvalue weighted by atomic mass is 16.6. The van der Waals surface area contributed by atoms with Gasteiger partial charge in [-0.1, -0.05) is 24.3 Å². The molecule has 0 N–H and O–H groups in total.